The topological polar surface area (TPSA) is 36.7 Å². The van der Waals surface area contributed by atoms with Gasteiger partial charge in [0.05, 0.1) is 12.0 Å². The predicted octanol–water partition coefficient (Wildman–Crippen LogP) is 3.69. The van der Waals surface area contributed by atoms with Crippen LogP contribution >= 0.6 is 15.9 Å². The molecule has 0 saturated heterocycles. The number of pyridine rings is 1. The number of hydrogen-bond acceptors (Lipinski definition) is 2. The standard InChI is InChI=1S/C14H11BrN2/c15-14-3-1-2-11(9-14)8-13(10-16)12-4-6-17-7-5-12/h1-7,9,13H,8H2. The van der Waals surface area contributed by atoms with Gasteiger partial charge in [0.15, 0.2) is 0 Å². The Morgan fingerprint density at radius 3 is 2.65 bits per heavy atom. The van der Waals surface area contributed by atoms with Crippen molar-refractivity contribution in [2.24, 2.45) is 0 Å². The van der Waals surface area contributed by atoms with Gasteiger partial charge < -0.3 is 0 Å². The molecule has 0 amide bonds. The third-order valence-corrected chi connectivity index (χ3v) is 3.09. The number of benzene rings is 1. The second kappa shape index (κ2) is 5.60. The van der Waals surface area contributed by atoms with Crippen molar-refractivity contribution in [3.05, 3.63) is 64.4 Å². The Labute approximate surface area is 109 Å². The van der Waals surface area contributed by atoms with E-state index in [-0.39, 0.29) is 5.92 Å². The van der Waals surface area contributed by atoms with Crippen molar-refractivity contribution >= 4 is 15.9 Å². The SMILES string of the molecule is N#CC(Cc1cccc(Br)c1)c1ccncc1. The van der Waals surface area contributed by atoms with E-state index in [2.05, 4.69) is 27.0 Å². The zero-order valence-electron chi connectivity index (χ0n) is 9.18. The van der Waals surface area contributed by atoms with Gasteiger partial charge in [-0.1, -0.05) is 28.1 Å². The highest BCUT2D eigenvalue weighted by atomic mass is 79.9. The molecule has 0 bridgehead atoms. The molecule has 1 aromatic heterocycles. The van der Waals surface area contributed by atoms with Crippen LogP contribution in [0.15, 0.2) is 53.3 Å². The van der Waals surface area contributed by atoms with Gasteiger partial charge in [0.2, 0.25) is 0 Å². The zero-order valence-corrected chi connectivity index (χ0v) is 10.8. The summed E-state index contributed by atoms with van der Waals surface area (Å²) in [5.74, 6) is -0.118. The monoisotopic (exact) mass is 286 g/mol. The van der Waals surface area contributed by atoms with E-state index in [0.29, 0.717) is 0 Å². The van der Waals surface area contributed by atoms with Gasteiger partial charge >= 0.3 is 0 Å². The van der Waals surface area contributed by atoms with Crippen LogP contribution in [0.3, 0.4) is 0 Å². The van der Waals surface area contributed by atoms with Gasteiger partial charge in [-0.25, -0.2) is 0 Å². The smallest absolute Gasteiger partial charge is 0.0754 e. The zero-order chi connectivity index (χ0) is 12.1. The van der Waals surface area contributed by atoms with Gasteiger partial charge in [0, 0.05) is 16.9 Å². The van der Waals surface area contributed by atoms with Crippen molar-refractivity contribution in [1.82, 2.24) is 4.98 Å². The lowest BCUT2D eigenvalue weighted by molar-refractivity contribution is 0.846. The summed E-state index contributed by atoms with van der Waals surface area (Å²) >= 11 is 3.44. The molecule has 1 atom stereocenters. The van der Waals surface area contributed by atoms with Crippen LogP contribution in [0.4, 0.5) is 0 Å². The van der Waals surface area contributed by atoms with E-state index in [0.717, 1.165) is 22.0 Å². The van der Waals surface area contributed by atoms with Crippen LogP contribution in [0, 0.1) is 11.3 Å². The third-order valence-electron chi connectivity index (χ3n) is 2.59. The quantitative estimate of drug-likeness (QED) is 0.863. The largest absolute Gasteiger partial charge is 0.265 e. The van der Waals surface area contributed by atoms with Crippen LogP contribution < -0.4 is 0 Å². The minimum Gasteiger partial charge on any atom is -0.265 e. The molecule has 0 spiro atoms. The molecule has 84 valence electrons. The Morgan fingerprint density at radius 1 is 1.24 bits per heavy atom. The maximum Gasteiger partial charge on any atom is 0.0754 e. The number of hydrogen-bond donors (Lipinski definition) is 0. The summed E-state index contributed by atoms with van der Waals surface area (Å²) < 4.78 is 1.04. The van der Waals surface area contributed by atoms with Crippen LogP contribution in [-0.4, -0.2) is 4.98 Å². The van der Waals surface area contributed by atoms with Crippen molar-refractivity contribution in [2.45, 2.75) is 12.3 Å². The first-order chi connectivity index (χ1) is 8.29. The molecule has 2 nitrogen and oxygen atoms in total. The van der Waals surface area contributed by atoms with E-state index in [9.17, 15) is 5.26 Å². The molecule has 0 saturated carbocycles. The van der Waals surface area contributed by atoms with Gasteiger partial charge in [-0.2, -0.15) is 5.26 Å². The number of aromatic nitrogens is 1. The van der Waals surface area contributed by atoms with Crippen molar-refractivity contribution < 1.29 is 0 Å². The number of rotatable bonds is 3. The molecular weight excluding hydrogens is 276 g/mol. The second-order valence-electron chi connectivity index (χ2n) is 3.80. The summed E-state index contributed by atoms with van der Waals surface area (Å²) in [7, 11) is 0. The first kappa shape index (κ1) is 11.8. The van der Waals surface area contributed by atoms with E-state index in [1.54, 1.807) is 12.4 Å². The summed E-state index contributed by atoms with van der Waals surface area (Å²) in [4.78, 5) is 3.97. The van der Waals surface area contributed by atoms with E-state index >= 15 is 0 Å². The Kier molecular flexibility index (Phi) is 3.89. The van der Waals surface area contributed by atoms with E-state index in [1.807, 2.05) is 36.4 Å². The molecular formula is C14H11BrN2. The number of halogens is 1. The first-order valence-corrected chi connectivity index (χ1v) is 6.13. The average molecular weight is 287 g/mol. The molecule has 2 aromatic rings. The molecule has 17 heavy (non-hydrogen) atoms. The molecule has 0 N–H and O–H groups in total. The molecule has 0 aliphatic carbocycles. The Hall–Kier alpha value is -1.66. The maximum absolute atomic E-state index is 9.23. The van der Waals surface area contributed by atoms with Crippen LogP contribution in [0.2, 0.25) is 0 Å². The highest BCUT2D eigenvalue weighted by Crippen LogP contribution is 2.21. The fraction of sp³-hybridized carbons (Fsp3) is 0.143. The Balaban J connectivity index is 2.20. The molecule has 1 unspecified atom stereocenters. The van der Waals surface area contributed by atoms with E-state index in [4.69, 9.17) is 0 Å². The normalized spacial score (nSPS) is 11.8. The third kappa shape index (κ3) is 3.15. The van der Waals surface area contributed by atoms with Crippen molar-refractivity contribution in [1.29, 1.82) is 5.26 Å². The summed E-state index contributed by atoms with van der Waals surface area (Å²) in [6.45, 7) is 0. The number of nitrogens with zero attached hydrogens (tertiary/aromatic N) is 2. The lowest BCUT2D eigenvalue weighted by Crippen LogP contribution is -2.00. The molecule has 2 rings (SSSR count). The fourth-order valence-electron chi connectivity index (χ4n) is 1.73. The highest BCUT2D eigenvalue weighted by Gasteiger charge is 2.11. The van der Waals surface area contributed by atoms with Crippen LogP contribution in [0.25, 0.3) is 0 Å². The van der Waals surface area contributed by atoms with Crippen molar-refractivity contribution in [2.75, 3.05) is 0 Å². The Morgan fingerprint density at radius 2 is 2.00 bits per heavy atom. The van der Waals surface area contributed by atoms with Crippen molar-refractivity contribution in [3.63, 3.8) is 0 Å². The summed E-state index contributed by atoms with van der Waals surface area (Å²) in [5.41, 5.74) is 2.17. The summed E-state index contributed by atoms with van der Waals surface area (Å²) in [6.07, 6.45) is 4.17. The lowest BCUT2D eigenvalue weighted by atomic mass is 9.94. The lowest BCUT2D eigenvalue weighted by Gasteiger charge is -2.09. The maximum atomic E-state index is 9.23. The molecule has 3 heteroatoms. The Bertz CT molecular complexity index is 531. The molecule has 1 aromatic carbocycles. The van der Waals surface area contributed by atoms with Gasteiger partial charge in [0.1, 0.15) is 0 Å². The van der Waals surface area contributed by atoms with Gasteiger partial charge in [-0.15, -0.1) is 0 Å². The fourth-order valence-corrected chi connectivity index (χ4v) is 2.18. The summed E-state index contributed by atoms with van der Waals surface area (Å²) in [5, 5.41) is 9.23. The van der Waals surface area contributed by atoms with Crippen LogP contribution in [0.5, 0.6) is 0 Å². The van der Waals surface area contributed by atoms with Gasteiger partial charge in [0.25, 0.3) is 0 Å². The first-order valence-electron chi connectivity index (χ1n) is 5.33. The predicted molar refractivity (Wildman–Crippen MR) is 70.4 cm³/mol. The molecule has 0 aliphatic rings. The van der Waals surface area contributed by atoms with Gasteiger partial charge in [-0.3, -0.25) is 4.98 Å². The highest BCUT2D eigenvalue weighted by molar-refractivity contribution is 9.10. The summed E-state index contributed by atoms with van der Waals surface area (Å²) in [6, 6.07) is 14.2. The van der Waals surface area contributed by atoms with E-state index < -0.39 is 0 Å². The average Bonchev–Trinajstić information content (AvgIpc) is 2.37. The van der Waals surface area contributed by atoms with E-state index in [1.165, 1.54) is 0 Å². The van der Waals surface area contributed by atoms with Crippen LogP contribution in [-0.2, 0) is 6.42 Å². The minimum absolute atomic E-state index is 0.118. The van der Waals surface area contributed by atoms with Crippen LogP contribution in [0.1, 0.15) is 17.0 Å². The molecule has 1 heterocycles. The minimum atomic E-state index is -0.118. The molecule has 0 fully saturated rings. The molecule has 0 radical (unpaired) electrons. The molecule has 0 aliphatic heterocycles. The second-order valence-corrected chi connectivity index (χ2v) is 4.71. The number of nitriles is 1. The van der Waals surface area contributed by atoms with Crippen molar-refractivity contribution in [3.8, 4) is 6.07 Å². The van der Waals surface area contributed by atoms with Gasteiger partial charge in [-0.05, 0) is 41.8 Å².